The van der Waals surface area contributed by atoms with Gasteiger partial charge in [0.05, 0.1) is 25.6 Å². The van der Waals surface area contributed by atoms with E-state index in [2.05, 4.69) is 5.32 Å². The second kappa shape index (κ2) is 10.2. The number of hydrogen-bond donors (Lipinski definition) is 1. The van der Waals surface area contributed by atoms with Crippen molar-refractivity contribution < 1.29 is 19.1 Å². The first-order valence-corrected chi connectivity index (χ1v) is 12.1. The van der Waals surface area contributed by atoms with Gasteiger partial charge in [-0.25, -0.2) is 0 Å². The van der Waals surface area contributed by atoms with Gasteiger partial charge in [-0.15, -0.1) is 0 Å². The SMILES string of the molecule is COc1cc(OC)cc(N2C(=O)c3ccccc3Cn3cccc3C2C(=O)NCc2ccc(C)cc2)c1. The van der Waals surface area contributed by atoms with Crippen LogP contribution in [-0.2, 0) is 17.9 Å². The van der Waals surface area contributed by atoms with Crippen LogP contribution in [0.2, 0.25) is 0 Å². The van der Waals surface area contributed by atoms with E-state index in [9.17, 15) is 9.59 Å². The van der Waals surface area contributed by atoms with Gasteiger partial charge in [-0.1, -0.05) is 48.0 Å². The Hall–Kier alpha value is -4.52. The molecule has 0 saturated heterocycles. The summed E-state index contributed by atoms with van der Waals surface area (Å²) in [4.78, 5) is 29.7. The third-order valence-corrected chi connectivity index (χ3v) is 6.66. The van der Waals surface area contributed by atoms with Gasteiger partial charge in [0.15, 0.2) is 6.04 Å². The zero-order valence-corrected chi connectivity index (χ0v) is 21.1. The molecule has 2 heterocycles. The van der Waals surface area contributed by atoms with Crippen LogP contribution in [0.3, 0.4) is 0 Å². The topological polar surface area (TPSA) is 72.8 Å². The molecule has 5 rings (SSSR count). The van der Waals surface area contributed by atoms with Gasteiger partial charge in [0.2, 0.25) is 5.91 Å². The molecule has 1 atom stereocenters. The highest BCUT2D eigenvalue weighted by atomic mass is 16.5. The maximum absolute atomic E-state index is 14.2. The average Bonchev–Trinajstić information content (AvgIpc) is 3.37. The summed E-state index contributed by atoms with van der Waals surface area (Å²) in [6, 6.07) is 23.6. The summed E-state index contributed by atoms with van der Waals surface area (Å²) < 4.78 is 13.0. The molecule has 1 aliphatic rings. The number of amides is 2. The molecule has 188 valence electrons. The molecule has 4 aromatic rings. The van der Waals surface area contributed by atoms with E-state index in [1.165, 1.54) is 0 Å². The summed E-state index contributed by atoms with van der Waals surface area (Å²) in [6.45, 7) is 2.85. The van der Waals surface area contributed by atoms with E-state index in [4.69, 9.17) is 9.47 Å². The summed E-state index contributed by atoms with van der Waals surface area (Å²) in [5.41, 5.74) is 4.76. The largest absolute Gasteiger partial charge is 0.497 e. The highest BCUT2D eigenvalue weighted by Gasteiger charge is 2.37. The van der Waals surface area contributed by atoms with Crippen molar-refractivity contribution in [2.75, 3.05) is 19.1 Å². The predicted octanol–water partition coefficient (Wildman–Crippen LogP) is 4.88. The Bertz CT molecular complexity index is 1420. The van der Waals surface area contributed by atoms with E-state index < -0.39 is 6.04 Å². The number of ether oxygens (including phenoxy) is 2. The van der Waals surface area contributed by atoms with E-state index >= 15 is 0 Å². The smallest absolute Gasteiger partial charge is 0.259 e. The summed E-state index contributed by atoms with van der Waals surface area (Å²) >= 11 is 0. The van der Waals surface area contributed by atoms with Crippen LogP contribution in [0.5, 0.6) is 11.5 Å². The number of anilines is 1. The number of aryl methyl sites for hydroxylation is 1. The van der Waals surface area contributed by atoms with Crippen LogP contribution in [0.4, 0.5) is 5.69 Å². The Labute approximate surface area is 216 Å². The molecule has 1 N–H and O–H groups in total. The third kappa shape index (κ3) is 4.80. The van der Waals surface area contributed by atoms with E-state index in [-0.39, 0.29) is 11.8 Å². The Morgan fingerprint density at radius 1 is 0.946 bits per heavy atom. The van der Waals surface area contributed by atoms with Crippen molar-refractivity contribution >= 4 is 17.5 Å². The predicted molar refractivity (Wildman–Crippen MR) is 142 cm³/mol. The van der Waals surface area contributed by atoms with Gasteiger partial charge in [0.25, 0.3) is 5.91 Å². The minimum absolute atomic E-state index is 0.270. The molecule has 0 aliphatic carbocycles. The lowest BCUT2D eigenvalue weighted by Crippen LogP contribution is -2.46. The molecule has 1 aromatic heterocycles. The molecule has 1 unspecified atom stereocenters. The molecule has 7 heteroatoms. The van der Waals surface area contributed by atoms with Crippen LogP contribution in [0, 0.1) is 6.92 Å². The van der Waals surface area contributed by atoms with Crippen LogP contribution in [-0.4, -0.2) is 30.6 Å². The first-order valence-electron chi connectivity index (χ1n) is 12.1. The summed E-state index contributed by atoms with van der Waals surface area (Å²) in [6.07, 6.45) is 1.94. The number of carbonyl (C=O) groups excluding carboxylic acids is 2. The van der Waals surface area contributed by atoms with Gasteiger partial charge in [-0.2, -0.15) is 0 Å². The highest BCUT2D eigenvalue weighted by molar-refractivity contribution is 6.11. The normalized spacial score (nSPS) is 14.7. The molecular formula is C30H29N3O4. The van der Waals surface area contributed by atoms with Gasteiger partial charge in [0, 0.05) is 43.0 Å². The maximum atomic E-state index is 14.2. The lowest BCUT2D eigenvalue weighted by molar-refractivity contribution is -0.122. The van der Waals surface area contributed by atoms with Crippen molar-refractivity contribution in [3.8, 4) is 11.5 Å². The number of nitrogens with zero attached hydrogens (tertiary/aromatic N) is 2. The quantitative estimate of drug-likeness (QED) is 0.414. The van der Waals surface area contributed by atoms with Crippen LogP contribution in [0.1, 0.15) is 38.8 Å². The molecule has 0 radical (unpaired) electrons. The third-order valence-electron chi connectivity index (χ3n) is 6.66. The molecule has 0 saturated carbocycles. The van der Waals surface area contributed by atoms with E-state index in [0.717, 1.165) is 16.7 Å². The molecule has 0 spiro atoms. The number of benzene rings is 3. The van der Waals surface area contributed by atoms with Gasteiger partial charge in [-0.05, 0) is 36.2 Å². The Kier molecular flexibility index (Phi) is 6.68. The number of nitrogens with one attached hydrogen (secondary N) is 1. The van der Waals surface area contributed by atoms with Gasteiger partial charge >= 0.3 is 0 Å². The first-order chi connectivity index (χ1) is 18.0. The van der Waals surface area contributed by atoms with E-state index in [1.54, 1.807) is 43.4 Å². The van der Waals surface area contributed by atoms with Crippen molar-refractivity contribution in [1.82, 2.24) is 9.88 Å². The molecule has 3 aromatic carbocycles. The van der Waals surface area contributed by atoms with E-state index in [1.807, 2.05) is 72.3 Å². The fourth-order valence-corrected chi connectivity index (χ4v) is 4.69. The summed E-state index contributed by atoms with van der Waals surface area (Å²) in [7, 11) is 3.11. The van der Waals surface area contributed by atoms with Crippen LogP contribution in [0.25, 0.3) is 0 Å². The molecule has 2 amide bonds. The van der Waals surface area contributed by atoms with Crippen molar-refractivity contribution in [3.05, 3.63) is 113 Å². The number of fused-ring (bicyclic) bond motifs is 2. The van der Waals surface area contributed by atoms with Crippen LogP contribution < -0.4 is 19.7 Å². The minimum Gasteiger partial charge on any atom is -0.497 e. The fourth-order valence-electron chi connectivity index (χ4n) is 4.69. The summed E-state index contributed by atoms with van der Waals surface area (Å²) in [5.74, 6) is 0.488. The monoisotopic (exact) mass is 495 g/mol. The molecule has 7 nitrogen and oxygen atoms in total. The van der Waals surface area contributed by atoms with Crippen molar-refractivity contribution in [1.29, 1.82) is 0 Å². The van der Waals surface area contributed by atoms with Gasteiger partial charge < -0.3 is 19.4 Å². The Balaban J connectivity index is 1.64. The first kappa shape index (κ1) is 24.2. The zero-order chi connectivity index (χ0) is 25.9. The number of rotatable bonds is 6. The molecule has 0 fully saturated rings. The van der Waals surface area contributed by atoms with E-state index in [0.29, 0.717) is 41.5 Å². The lowest BCUT2D eigenvalue weighted by Gasteiger charge is -2.34. The van der Waals surface area contributed by atoms with Crippen molar-refractivity contribution in [2.45, 2.75) is 26.1 Å². The zero-order valence-electron chi connectivity index (χ0n) is 21.1. The maximum Gasteiger partial charge on any atom is 0.259 e. The second-order valence-electron chi connectivity index (χ2n) is 9.07. The molecular weight excluding hydrogens is 466 g/mol. The van der Waals surface area contributed by atoms with Crippen molar-refractivity contribution in [2.24, 2.45) is 0 Å². The minimum atomic E-state index is -0.918. The second-order valence-corrected chi connectivity index (χ2v) is 9.07. The van der Waals surface area contributed by atoms with Gasteiger partial charge in [0.1, 0.15) is 11.5 Å². The number of methoxy groups -OCH3 is 2. The lowest BCUT2D eigenvalue weighted by atomic mass is 10.00. The van der Waals surface area contributed by atoms with Crippen LogP contribution >= 0.6 is 0 Å². The molecule has 37 heavy (non-hydrogen) atoms. The standard InChI is InChI=1S/C30H29N3O4/c1-20-10-12-21(13-11-20)18-31-29(34)28-27-9-6-14-32(27)19-22-7-4-5-8-26(22)30(35)33(28)23-15-24(36-2)17-25(16-23)37-3/h4-17,28H,18-19H2,1-3H3,(H,31,34). The number of carbonyl (C=O) groups is 2. The average molecular weight is 496 g/mol. The summed E-state index contributed by atoms with van der Waals surface area (Å²) in [5, 5.41) is 3.06. The Morgan fingerprint density at radius 3 is 2.35 bits per heavy atom. The van der Waals surface area contributed by atoms with Gasteiger partial charge in [-0.3, -0.25) is 14.5 Å². The molecule has 0 bridgehead atoms. The van der Waals surface area contributed by atoms with Crippen LogP contribution in [0.15, 0.2) is 85.1 Å². The Morgan fingerprint density at radius 2 is 1.65 bits per heavy atom. The van der Waals surface area contributed by atoms with Crippen molar-refractivity contribution in [3.63, 3.8) is 0 Å². The highest BCUT2D eigenvalue weighted by Crippen LogP contribution is 2.37. The number of hydrogen-bond acceptors (Lipinski definition) is 4. The number of aromatic nitrogens is 1. The molecule has 1 aliphatic heterocycles. The fraction of sp³-hybridized carbons (Fsp3) is 0.200.